The van der Waals surface area contributed by atoms with Gasteiger partial charge in [-0.2, -0.15) is 0 Å². The molecule has 0 bridgehead atoms. The molecule has 1 N–H and O–H groups in total. The van der Waals surface area contributed by atoms with Crippen molar-refractivity contribution in [1.29, 1.82) is 0 Å². The molecule has 7 nitrogen and oxygen atoms in total. The summed E-state index contributed by atoms with van der Waals surface area (Å²) in [7, 11) is 3.04. The number of nitrogens with zero attached hydrogens (tertiary/aromatic N) is 2. The smallest absolute Gasteiger partial charge is 0.341 e. The lowest BCUT2D eigenvalue weighted by Crippen LogP contribution is -2.26. The number of hydrogen-bond acceptors (Lipinski definition) is 5. The highest BCUT2D eigenvalue weighted by Crippen LogP contribution is 2.16. The van der Waals surface area contributed by atoms with Crippen LogP contribution in [0.25, 0.3) is 11.0 Å². The van der Waals surface area contributed by atoms with Gasteiger partial charge in [-0.05, 0) is 18.2 Å². The Morgan fingerprint density at radius 3 is 2.92 bits per heavy atom. The quantitative estimate of drug-likeness (QED) is 0.716. The van der Waals surface area contributed by atoms with E-state index < -0.39 is 11.9 Å². The number of rotatable bonds is 5. The van der Waals surface area contributed by atoms with Crippen LogP contribution in [0.1, 0.15) is 26.7 Å². The van der Waals surface area contributed by atoms with Gasteiger partial charge in [-0.1, -0.05) is 0 Å². The molecule has 0 aliphatic rings. The number of methoxy groups -OCH3 is 1. The molecule has 3 aromatic rings. The van der Waals surface area contributed by atoms with Gasteiger partial charge in [0.25, 0.3) is 5.91 Å². The molecule has 0 fully saturated rings. The van der Waals surface area contributed by atoms with Crippen LogP contribution in [-0.4, -0.2) is 35.1 Å². The molecule has 25 heavy (non-hydrogen) atoms. The van der Waals surface area contributed by atoms with Crippen molar-refractivity contribution < 1.29 is 23.1 Å². The van der Waals surface area contributed by atoms with Crippen LogP contribution in [0, 0.1) is 5.82 Å². The molecule has 0 radical (unpaired) electrons. The summed E-state index contributed by atoms with van der Waals surface area (Å²) in [5, 5.41) is 2.69. The lowest BCUT2D eigenvalue weighted by molar-refractivity contribution is 0.0599. The number of furan rings is 1. The Morgan fingerprint density at radius 1 is 1.36 bits per heavy atom. The Morgan fingerprint density at radius 2 is 2.16 bits per heavy atom. The van der Waals surface area contributed by atoms with E-state index in [1.165, 1.54) is 31.6 Å². The number of halogens is 1. The highest BCUT2D eigenvalue weighted by Gasteiger charge is 2.16. The minimum atomic E-state index is -0.574. The molecule has 8 heteroatoms. The summed E-state index contributed by atoms with van der Waals surface area (Å²) in [5.41, 5.74) is 1.55. The number of esters is 1. The second-order valence-corrected chi connectivity index (χ2v) is 5.42. The summed E-state index contributed by atoms with van der Waals surface area (Å²) in [6, 6.07) is 5.71. The van der Waals surface area contributed by atoms with Crippen LogP contribution in [0.4, 0.5) is 4.39 Å². The number of carbonyl (C=O) groups is 2. The predicted octanol–water partition coefficient (Wildman–Crippen LogP) is 2.06. The van der Waals surface area contributed by atoms with Crippen molar-refractivity contribution in [3.05, 3.63) is 53.5 Å². The van der Waals surface area contributed by atoms with Gasteiger partial charge in [-0.15, -0.1) is 0 Å². The van der Waals surface area contributed by atoms with E-state index in [0.29, 0.717) is 24.0 Å². The van der Waals surface area contributed by atoms with E-state index in [-0.39, 0.29) is 17.1 Å². The maximum Gasteiger partial charge on any atom is 0.341 e. The van der Waals surface area contributed by atoms with Crippen molar-refractivity contribution in [3.8, 4) is 0 Å². The number of aromatic nitrogens is 2. The van der Waals surface area contributed by atoms with Crippen molar-refractivity contribution in [3.63, 3.8) is 0 Å². The molecule has 0 atom stereocenters. The molecule has 0 unspecified atom stereocenters. The third-order valence-corrected chi connectivity index (χ3v) is 3.81. The molecular formula is C17H16FN3O4. The van der Waals surface area contributed by atoms with Gasteiger partial charge >= 0.3 is 5.97 Å². The Bertz CT molecular complexity index is 945. The highest BCUT2D eigenvalue weighted by molar-refractivity contribution is 5.96. The number of amides is 1. The first-order chi connectivity index (χ1) is 12.0. The number of carbonyl (C=O) groups excluding carboxylic acids is 2. The fraction of sp³-hybridized carbons (Fsp3) is 0.235. The van der Waals surface area contributed by atoms with Crippen LogP contribution in [-0.2, 0) is 18.2 Å². The Labute approximate surface area is 142 Å². The maximum atomic E-state index is 13.3. The fourth-order valence-corrected chi connectivity index (χ4v) is 2.49. The van der Waals surface area contributed by atoms with E-state index in [0.717, 1.165) is 5.82 Å². The van der Waals surface area contributed by atoms with E-state index in [1.54, 1.807) is 17.7 Å². The number of fused-ring (bicyclic) bond motifs is 1. The second-order valence-electron chi connectivity index (χ2n) is 5.42. The van der Waals surface area contributed by atoms with E-state index in [4.69, 9.17) is 4.42 Å². The number of ether oxygens (including phenoxy) is 1. The molecule has 0 aliphatic heterocycles. The van der Waals surface area contributed by atoms with E-state index in [9.17, 15) is 14.0 Å². The Kier molecular flexibility index (Phi) is 4.51. The number of benzene rings is 1. The SMILES string of the molecule is COC(=O)c1coc(C(=O)NCCc2nc3ccc(F)cc3n2C)c1. The van der Waals surface area contributed by atoms with Gasteiger partial charge in [0.15, 0.2) is 5.76 Å². The third kappa shape index (κ3) is 3.37. The highest BCUT2D eigenvalue weighted by atomic mass is 19.1. The monoisotopic (exact) mass is 345 g/mol. The van der Waals surface area contributed by atoms with Gasteiger partial charge < -0.3 is 19.0 Å². The minimum Gasteiger partial charge on any atom is -0.465 e. The average molecular weight is 345 g/mol. The molecular weight excluding hydrogens is 329 g/mol. The summed E-state index contributed by atoms with van der Waals surface area (Å²) in [5.74, 6) is -0.604. The van der Waals surface area contributed by atoms with Crippen LogP contribution < -0.4 is 5.32 Å². The first-order valence-electron chi connectivity index (χ1n) is 7.55. The molecule has 130 valence electrons. The van der Waals surface area contributed by atoms with E-state index in [2.05, 4.69) is 15.0 Å². The second kappa shape index (κ2) is 6.76. The zero-order valence-corrected chi connectivity index (χ0v) is 13.7. The van der Waals surface area contributed by atoms with Crippen LogP contribution in [0.5, 0.6) is 0 Å². The molecule has 0 aliphatic carbocycles. The van der Waals surface area contributed by atoms with Crippen LogP contribution >= 0.6 is 0 Å². The topological polar surface area (TPSA) is 86.4 Å². The Balaban J connectivity index is 1.63. The lowest BCUT2D eigenvalue weighted by atomic mass is 10.3. The van der Waals surface area contributed by atoms with E-state index in [1.807, 2.05) is 0 Å². The van der Waals surface area contributed by atoms with Gasteiger partial charge in [-0.25, -0.2) is 14.2 Å². The lowest BCUT2D eigenvalue weighted by Gasteiger charge is -2.04. The molecule has 3 rings (SSSR count). The van der Waals surface area contributed by atoms with Gasteiger partial charge in [0.05, 0.1) is 23.7 Å². The average Bonchev–Trinajstić information content (AvgIpc) is 3.21. The van der Waals surface area contributed by atoms with Crippen molar-refractivity contribution in [2.75, 3.05) is 13.7 Å². The number of nitrogens with one attached hydrogen (secondary N) is 1. The normalized spacial score (nSPS) is 10.8. The van der Waals surface area contributed by atoms with Crippen molar-refractivity contribution in [1.82, 2.24) is 14.9 Å². The first kappa shape index (κ1) is 16.7. The molecule has 0 saturated carbocycles. The zero-order valence-electron chi connectivity index (χ0n) is 13.7. The molecule has 1 amide bonds. The maximum absolute atomic E-state index is 13.3. The van der Waals surface area contributed by atoms with Crippen molar-refractivity contribution in [2.45, 2.75) is 6.42 Å². The number of imidazole rings is 1. The largest absolute Gasteiger partial charge is 0.465 e. The fourth-order valence-electron chi connectivity index (χ4n) is 2.49. The van der Waals surface area contributed by atoms with Gasteiger partial charge in [0, 0.05) is 26.1 Å². The third-order valence-electron chi connectivity index (χ3n) is 3.81. The number of aryl methyl sites for hydroxylation is 1. The van der Waals surface area contributed by atoms with E-state index >= 15 is 0 Å². The molecule has 2 heterocycles. The number of hydrogen-bond donors (Lipinski definition) is 1. The van der Waals surface area contributed by atoms with Gasteiger partial charge in [0.1, 0.15) is 17.9 Å². The summed E-state index contributed by atoms with van der Waals surface area (Å²) in [4.78, 5) is 27.8. The van der Waals surface area contributed by atoms with Gasteiger partial charge in [0.2, 0.25) is 0 Å². The van der Waals surface area contributed by atoms with Crippen LogP contribution in [0.3, 0.4) is 0 Å². The zero-order chi connectivity index (χ0) is 18.0. The predicted molar refractivity (Wildman–Crippen MR) is 86.8 cm³/mol. The molecule has 0 saturated heterocycles. The van der Waals surface area contributed by atoms with Crippen molar-refractivity contribution >= 4 is 22.9 Å². The molecule has 1 aromatic carbocycles. The summed E-state index contributed by atoms with van der Waals surface area (Å²) >= 11 is 0. The summed E-state index contributed by atoms with van der Waals surface area (Å²) in [6.45, 7) is 0.312. The minimum absolute atomic E-state index is 0.0208. The molecule has 2 aromatic heterocycles. The molecule has 0 spiro atoms. The summed E-state index contributed by atoms with van der Waals surface area (Å²) in [6.07, 6.45) is 1.63. The van der Waals surface area contributed by atoms with Crippen LogP contribution in [0.2, 0.25) is 0 Å². The van der Waals surface area contributed by atoms with Gasteiger partial charge in [-0.3, -0.25) is 4.79 Å². The summed E-state index contributed by atoms with van der Waals surface area (Å²) < 4.78 is 24.7. The van der Waals surface area contributed by atoms with Crippen molar-refractivity contribution in [2.24, 2.45) is 7.05 Å². The Hall–Kier alpha value is -3.16. The van der Waals surface area contributed by atoms with Crippen LogP contribution in [0.15, 0.2) is 34.9 Å². The first-order valence-corrected chi connectivity index (χ1v) is 7.55. The standard InChI is InChI=1S/C17H16FN3O4/c1-21-13-8-11(18)3-4-12(13)20-15(21)5-6-19-16(22)14-7-10(9-25-14)17(23)24-2/h3-4,7-9H,5-6H2,1-2H3,(H,19,22).